The van der Waals surface area contributed by atoms with Crippen LogP contribution in [0.5, 0.6) is 0 Å². The number of nitrogens with zero attached hydrogens (tertiary/aromatic N) is 1. The van der Waals surface area contributed by atoms with Crippen molar-refractivity contribution in [1.82, 2.24) is 9.62 Å². The number of hydrogen-bond acceptors (Lipinski definition) is 5. The van der Waals surface area contributed by atoms with Crippen LogP contribution in [0.3, 0.4) is 0 Å². The zero-order valence-electron chi connectivity index (χ0n) is 14.9. The number of ether oxygens (including phenoxy) is 2. The average Bonchev–Trinajstić information content (AvgIpc) is 2.58. The van der Waals surface area contributed by atoms with Crippen LogP contribution in [0.4, 0.5) is 0 Å². The Morgan fingerprint density at radius 1 is 1.24 bits per heavy atom. The van der Waals surface area contributed by atoms with Crippen LogP contribution in [0.25, 0.3) is 0 Å². The molecule has 1 aromatic rings. The molecule has 0 radical (unpaired) electrons. The molecule has 0 bridgehead atoms. The van der Waals surface area contributed by atoms with Crippen molar-refractivity contribution >= 4 is 15.9 Å². The Hall–Kier alpha value is -1.48. The second-order valence-electron chi connectivity index (χ2n) is 6.21. The lowest BCUT2D eigenvalue weighted by atomic mass is 10.2. The summed E-state index contributed by atoms with van der Waals surface area (Å²) in [6.45, 7) is 5.46. The Morgan fingerprint density at radius 3 is 2.40 bits per heavy atom. The molecule has 7 nitrogen and oxygen atoms in total. The lowest BCUT2D eigenvalue weighted by Gasteiger charge is -2.34. The first kappa shape index (κ1) is 19.8. The molecule has 25 heavy (non-hydrogen) atoms. The molecule has 1 aliphatic heterocycles. The highest BCUT2D eigenvalue weighted by Gasteiger charge is 2.32. The fourth-order valence-corrected chi connectivity index (χ4v) is 4.37. The van der Waals surface area contributed by atoms with Gasteiger partial charge in [-0.25, -0.2) is 8.42 Å². The van der Waals surface area contributed by atoms with Crippen molar-refractivity contribution in [3.63, 3.8) is 0 Å². The van der Waals surface area contributed by atoms with E-state index in [1.807, 2.05) is 13.8 Å². The maximum absolute atomic E-state index is 12.8. The number of amides is 1. The van der Waals surface area contributed by atoms with Gasteiger partial charge >= 0.3 is 0 Å². The van der Waals surface area contributed by atoms with E-state index in [0.29, 0.717) is 31.8 Å². The summed E-state index contributed by atoms with van der Waals surface area (Å²) in [5, 5.41) is 2.77. The number of carbonyl (C=O) groups is 1. The van der Waals surface area contributed by atoms with E-state index >= 15 is 0 Å². The summed E-state index contributed by atoms with van der Waals surface area (Å²) < 4.78 is 37.5. The maximum atomic E-state index is 12.8. The highest BCUT2D eigenvalue weighted by Crippen LogP contribution is 2.21. The quantitative estimate of drug-likeness (QED) is 0.730. The van der Waals surface area contributed by atoms with Gasteiger partial charge in [0, 0.05) is 38.9 Å². The van der Waals surface area contributed by atoms with Gasteiger partial charge in [-0.3, -0.25) is 4.79 Å². The molecule has 2 atom stereocenters. The molecule has 1 aliphatic rings. The highest BCUT2D eigenvalue weighted by atomic mass is 32.2. The van der Waals surface area contributed by atoms with Gasteiger partial charge in [-0.1, -0.05) is 0 Å². The predicted octanol–water partition coefficient (Wildman–Crippen LogP) is 1.25. The third-order valence-corrected chi connectivity index (χ3v) is 5.80. The van der Waals surface area contributed by atoms with E-state index in [9.17, 15) is 13.2 Å². The zero-order chi connectivity index (χ0) is 18.4. The number of benzene rings is 1. The Labute approximate surface area is 149 Å². The number of hydrogen-bond donors (Lipinski definition) is 1. The van der Waals surface area contributed by atoms with Gasteiger partial charge in [0.1, 0.15) is 0 Å². The van der Waals surface area contributed by atoms with Gasteiger partial charge in [-0.05, 0) is 44.5 Å². The molecule has 0 spiro atoms. The second kappa shape index (κ2) is 8.75. The van der Waals surface area contributed by atoms with Crippen molar-refractivity contribution in [3.8, 4) is 0 Å². The Balaban J connectivity index is 2.04. The summed E-state index contributed by atoms with van der Waals surface area (Å²) in [5.74, 6) is -0.228. The van der Waals surface area contributed by atoms with Crippen molar-refractivity contribution < 1.29 is 22.7 Å². The highest BCUT2D eigenvalue weighted by molar-refractivity contribution is 7.89. The average molecular weight is 370 g/mol. The van der Waals surface area contributed by atoms with E-state index in [-0.39, 0.29) is 23.0 Å². The van der Waals surface area contributed by atoms with E-state index < -0.39 is 10.0 Å². The van der Waals surface area contributed by atoms with E-state index in [0.717, 1.165) is 6.42 Å². The minimum Gasteiger partial charge on any atom is -0.385 e. The summed E-state index contributed by atoms with van der Waals surface area (Å²) in [6.07, 6.45) is 0.439. The zero-order valence-corrected chi connectivity index (χ0v) is 15.7. The molecule has 1 fully saturated rings. The summed E-state index contributed by atoms with van der Waals surface area (Å²) in [6, 6.07) is 6.02. The molecule has 1 heterocycles. The van der Waals surface area contributed by atoms with Gasteiger partial charge in [-0.2, -0.15) is 4.31 Å². The number of nitrogens with one attached hydrogen (secondary N) is 1. The summed E-state index contributed by atoms with van der Waals surface area (Å²) in [7, 11) is -1.98. The van der Waals surface area contributed by atoms with Crippen LogP contribution < -0.4 is 5.32 Å². The fourth-order valence-electron chi connectivity index (χ4n) is 2.77. The Kier molecular flexibility index (Phi) is 6.95. The van der Waals surface area contributed by atoms with Crippen LogP contribution in [-0.2, 0) is 19.5 Å². The minimum absolute atomic E-state index is 0.143. The Morgan fingerprint density at radius 2 is 1.84 bits per heavy atom. The largest absolute Gasteiger partial charge is 0.385 e. The van der Waals surface area contributed by atoms with Crippen LogP contribution in [0, 0.1) is 0 Å². The first-order valence-corrected chi connectivity index (χ1v) is 9.81. The summed E-state index contributed by atoms with van der Waals surface area (Å²) >= 11 is 0. The van der Waals surface area contributed by atoms with Crippen LogP contribution in [-0.4, -0.2) is 64.2 Å². The molecule has 0 saturated carbocycles. The molecule has 0 aromatic heterocycles. The molecule has 0 aliphatic carbocycles. The Bertz CT molecular complexity index is 665. The standard InChI is InChI=1S/C17H26N2O5S/c1-13-11-19(12-14(2)24-13)25(21,22)16-7-5-15(6-8-16)17(20)18-9-4-10-23-3/h5-8,13-14H,4,9-12H2,1-3H3,(H,18,20)/t13-,14-/m0/s1. The molecule has 1 aromatic carbocycles. The van der Waals surface area contributed by atoms with E-state index in [4.69, 9.17) is 9.47 Å². The SMILES string of the molecule is COCCCNC(=O)c1ccc(S(=O)(=O)N2C[C@H](C)O[C@@H](C)C2)cc1. The molecule has 1 amide bonds. The van der Waals surface area contributed by atoms with Crippen molar-refractivity contribution in [1.29, 1.82) is 0 Å². The fraction of sp³-hybridized carbons (Fsp3) is 0.588. The summed E-state index contributed by atoms with van der Waals surface area (Å²) in [4.78, 5) is 12.2. The first-order chi connectivity index (χ1) is 11.8. The van der Waals surface area contributed by atoms with Gasteiger partial charge in [-0.15, -0.1) is 0 Å². The predicted molar refractivity (Wildman–Crippen MR) is 94.0 cm³/mol. The van der Waals surface area contributed by atoms with E-state index in [1.54, 1.807) is 7.11 Å². The van der Waals surface area contributed by atoms with E-state index in [2.05, 4.69) is 5.32 Å². The number of methoxy groups -OCH3 is 1. The minimum atomic E-state index is -3.59. The smallest absolute Gasteiger partial charge is 0.251 e. The third kappa shape index (κ3) is 5.24. The summed E-state index contributed by atoms with van der Waals surface area (Å²) in [5.41, 5.74) is 0.431. The van der Waals surface area contributed by atoms with Gasteiger partial charge in [0.2, 0.25) is 10.0 Å². The first-order valence-electron chi connectivity index (χ1n) is 8.37. The molecule has 8 heteroatoms. The molecule has 2 rings (SSSR count). The lowest BCUT2D eigenvalue weighted by molar-refractivity contribution is -0.0440. The van der Waals surface area contributed by atoms with Gasteiger partial charge in [0.15, 0.2) is 0 Å². The van der Waals surface area contributed by atoms with Gasteiger partial charge in [0.25, 0.3) is 5.91 Å². The maximum Gasteiger partial charge on any atom is 0.251 e. The van der Waals surface area contributed by atoms with Crippen molar-refractivity contribution in [2.45, 2.75) is 37.4 Å². The molecule has 140 valence electrons. The van der Waals surface area contributed by atoms with Crippen molar-refractivity contribution in [2.75, 3.05) is 33.4 Å². The van der Waals surface area contributed by atoms with E-state index in [1.165, 1.54) is 28.6 Å². The molecule has 1 N–H and O–H groups in total. The molecular weight excluding hydrogens is 344 g/mol. The lowest BCUT2D eigenvalue weighted by Crippen LogP contribution is -2.48. The number of rotatable bonds is 7. The number of sulfonamides is 1. The number of carbonyl (C=O) groups excluding carboxylic acids is 1. The molecule has 1 saturated heterocycles. The molecule has 0 unspecified atom stereocenters. The van der Waals surface area contributed by atoms with Crippen molar-refractivity contribution in [2.24, 2.45) is 0 Å². The topological polar surface area (TPSA) is 84.9 Å². The van der Waals surface area contributed by atoms with Crippen LogP contribution in [0.2, 0.25) is 0 Å². The monoisotopic (exact) mass is 370 g/mol. The normalized spacial score (nSPS) is 21.9. The molecular formula is C17H26N2O5S. The van der Waals surface area contributed by atoms with Crippen LogP contribution >= 0.6 is 0 Å². The van der Waals surface area contributed by atoms with Crippen molar-refractivity contribution in [3.05, 3.63) is 29.8 Å². The second-order valence-corrected chi connectivity index (χ2v) is 8.14. The van der Waals surface area contributed by atoms with Crippen LogP contribution in [0.1, 0.15) is 30.6 Å². The van der Waals surface area contributed by atoms with Gasteiger partial charge in [0.05, 0.1) is 17.1 Å². The number of morpholine rings is 1. The third-order valence-electron chi connectivity index (χ3n) is 3.95. The van der Waals surface area contributed by atoms with Gasteiger partial charge < -0.3 is 14.8 Å². The van der Waals surface area contributed by atoms with Crippen LogP contribution in [0.15, 0.2) is 29.2 Å².